The third kappa shape index (κ3) is 4.35. The number of carbonyl (C=O) groups is 1. The monoisotopic (exact) mass is 341 g/mol. The average Bonchev–Trinajstić information content (AvgIpc) is 2.90. The van der Waals surface area contributed by atoms with Gasteiger partial charge in [0, 0.05) is 12.6 Å². The fraction of sp³-hybridized carbons (Fsp3) is 0.375. The second kappa shape index (κ2) is 7.04. The number of anilines is 1. The van der Waals surface area contributed by atoms with Crippen LogP contribution >= 0.6 is 0 Å². The molecular weight excluding hydrogens is 323 g/mol. The number of hydrogen-bond acceptors (Lipinski definition) is 4. The first-order valence-corrected chi connectivity index (χ1v) is 7.28. The minimum atomic E-state index is -4.43. The molecule has 1 aromatic carbocycles. The molecule has 5 nitrogen and oxygen atoms in total. The van der Waals surface area contributed by atoms with Crippen LogP contribution in [0.25, 0.3) is 0 Å². The van der Waals surface area contributed by atoms with Crippen molar-refractivity contribution in [3.05, 3.63) is 47.2 Å². The number of rotatable bonds is 5. The molecule has 1 atom stereocenters. The fourth-order valence-electron chi connectivity index (χ4n) is 2.20. The van der Waals surface area contributed by atoms with Gasteiger partial charge in [0.05, 0.1) is 11.6 Å². The van der Waals surface area contributed by atoms with Gasteiger partial charge in [-0.3, -0.25) is 9.69 Å². The van der Waals surface area contributed by atoms with Crippen LogP contribution in [0.3, 0.4) is 0 Å². The fourth-order valence-corrected chi connectivity index (χ4v) is 2.20. The number of likely N-dealkylation sites (N-methyl/N-ethyl adjacent to an activating group) is 1. The first-order valence-electron chi connectivity index (χ1n) is 7.28. The van der Waals surface area contributed by atoms with E-state index in [1.807, 2.05) is 0 Å². The van der Waals surface area contributed by atoms with E-state index < -0.39 is 17.8 Å². The average molecular weight is 341 g/mol. The van der Waals surface area contributed by atoms with E-state index in [4.69, 9.17) is 4.52 Å². The maximum atomic E-state index is 13.0. The molecule has 2 aromatic rings. The minimum Gasteiger partial charge on any atom is -0.360 e. The van der Waals surface area contributed by atoms with Gasteiger partial charge in [-0.1, -0.05) is 23.4 Å². The molecule has 0 bridgehead atoms. The molecule has 0 saturated carbocycles. The van der Waals surface area contributed by atoms with Gasteiger partial charge < -0.3 is 9.84 Å². The molecule has 1 unspecified atom stereocenters. The van der Waals surface area contributed by atoms with Crippen molar-refractivity contribution in [3.63, 3.8) is 0 Å². The summed E-state index contributed by atoms with van der Waals surface area (Å²) in [6.07, 6.45) is -4.43. The number of aromatic nitrogens is 1. The van der Waals surface area contributed by atoms with E-state index >= 15 is 0 Å². The zero-order valence-corrected chi connectivity index (χ0v) is 13.5. The second-order valence-corrected chi connectivity index (χ2v) is 5.56. The molecule has 0 aliphatic rings. The molecule has 0 aliphatic heterocycles. The summed E-state index contributed by atoms with van der Waals surface area (Å²) in [5.41, 5.74) is -0.582. The highest BCUT2D eigenvalue weighted by atomic mass is 19.4. The Bertz CT molecular complexity index is 713. The molecule has 0 spiro atoms. The number of halogens is 3. The number of amides is 1. The molecule has 0 radical (unpaired) electrons. The van der Waals surface area contributed by atoms with Crippen LogP contribution in [0.4, 0.5) is 19.0 Å². The quantitative estimate of drug-likeness (QED) is 0.905. The second-order valence-electron chi connectivity index (χ2n) is 5.56. The van der Waals surface area contributed by atoms with Crippen LogP contribution in [0.5, 0.6) is 0 Å². The summed E-state index contributed by atoms with van der Waals surface area (Å²) in [5, 5.41) is 6.22. The Balaban J connectivity index is 2.06. The van der Waals surface area contributed by atoms with Crippen molar-refractivity contribution in [1.82, 2.24) is 10.1 Å². The Morgan fingerprint density at radius 2 is 2.04 bits per heavy atom. The molecule has 1 amide bonds. The van der Waals surface area contributed by atoms with Crippen molar-refractivity contribution in [2.45, 2.75) is 32.6 Å². The maximum Gasteiger partial charge on any atom is 0.416 e. The molecule has 1 N–H and O–H groups in total. The number of nitrogens with one attached hydrogen (secondary N) is 1. The molecule has 1 heterocycles. The zero-order valence-electron chi connectivity index (χ0n) is 13.5. The maximum absolute atomic E-state index is 13.0. The smallest absolute Gasteiger partial charge is 0.360 e. The number of carbonyl (C=O) groups excluding carboxylic acids is 1. The third-order valence-electron chi connectivity index (χ3n) is 3.66. The summed E-state index contributed by atoms with van der Waals surface area (Å²) in [5.74, 6) is 0.439. The first-order chi connectivity index (χ1) is 11.2. The van der Waals surface area contributed by atoms with Gasteiger partial charge in [0.1, 0.15) is 5.76 Å². The summed E-state index contributed by atoms with van der Waals surface area (Å²) in [7, 11) is 1.59. The molecule has 130 valence electrons. The lowest BCUT2D eigenvalue weighted by atomic mass is 10.1. The summed E-state index contributed by atoms with van der Waals surface area (Å²) < 4.78 is 43.9. The van der Waals surface area contributed by atoms with Crippen molar-refractivity contribution in [2.75, 3.05) is 12.4 Å². The van der Waals surface area contributed by atoms with E-state index in [0.29, 0.717) is 5.76 Å². The standard InChI is InChI=1S/C16H18F3N3O2/c1-10-8-14(21-24-10)20-15(23)11(2)22(3)9-12-6-4-5-7-13(12)16(17,18)19/h4-8,11H,9H2,1-3H3,(H,20,21,23). The molecule has 1 aromatic heterocycles. The highest BCUT2D eigenvalue weighted by molar-refractivity contribution is 5.93. The Kier molecular flexibility index (Phi) is 5.28. The van der Waals surface area contributed by atoms with Crippen LogP contribution in [0, 0.1) is 6.92 Å². The van der Waals surface area contributed by atoms with Crippen molar-refractivity contribution < 1.29 is 22.5 Å². The topological polar surface area (TPSA) is 58.4 Å². The number of benzene rings is 1. The van der Waals surface area contributed by atoms with Crippen molar-refractivity contribution >= 4 is 11.7 Å². The lowest BCUT2D eigenvalue weighted by molar-refractivity contribution is -0.138. The molecule has 0 fully saturated rings. The van der Waals surface area contributed by atoms with Crippen LogP contribution in [-0.2, 0) is 17.5 Å². The van der Waals surface area contributed by atoms with Crippen molar-refractivity contribution in [1.29, 1.82) is 0 Å². The normalized spacial score (nSPS) is 13.1. The van der Waals surface area contributed by atoms with E-state index in [1.165, 1.54) is 17.0 Å². The van der Waals surface area contributed by atoms with E-state index in [1.54, 1.807) is 33.0 Å². The molecule has 24 heavy (non-hydrogen) atoms. The Morgan fingerprint density at radius 1 is 1.38 bits per heavy atom. The Labute approximate surface area is 137 Å². The predicted octanol–water partition coefficient (Wildman–Crippen LogP) is 3.46. The van der Waals surface area contributed by atoms with Crippen LogP contribution < -0.4 is 5.32 Å². The van der Waals surface area contributed by atoms with E-state index in [-0.39, 0.29) is 23.8 Å². The molecule has 0 saturated heterocycles. The van der Waals surface area contributed by atoms with Gasteiger partial charge in [-0.15, -0.1) is 0 Å². The first kappa shape index (κ1) is 18.0. The number of hydrogen-bond donors (Lipinski definition) is 1. The van der Waals surface area contributed by atoms with Crippen molar-refractivity contribution in [2.24, 2.45) is 0 Å². The summed E-state index contributed by atoms with van der Waals surface area (Å²) in [4.78, 5) is 13.7. The highest BCUT2D eigenvalue weighted by Gasteiger charge is 2.33. The minimum absolute atomic E-state index is 0.0118. The Hall–Kier alpha value is -2.35. The highest BCUT2D eigenvalue weighted by Crippen LogP contribution is 2.32. The third-order valence-corrected chi connectivity index (χ3v) is 3.66. The molecule has 8 heteroatoms. The van der Waals surface area contributed by atoms with Gasteiger partial charge in [0.2, 0.25) is 5.91 Å². The van der Waals surface area contributed by atoms with Crippen molar-refractivity contribution in [3.8, 4) is 0 Å². The molecular formula is C16H18F3N3O2. The largest absolute Gasteiger partial charge is 0.416 e. The lowest BCUT2D eigenvalue weighted by Gasteiger charge is -2.25. The van der Waals surface area contributed by atoms with E-state index in [9.17, 15) is 18.0 Å². The van der Waals surface area contributed by atoms with Gasteiger partial charge in [0.15, 0.2) is 5.82 Å². The summed E-state index contributed by atoms with van der Waals surface area (Å²) >= 11 is 0. The van der Waals surface area contributed by atoms with Crippen LogP contribution in [0.1, 0.15) is 23.8 Å². The van der Waals surface area contributed by atoms with E-state index in [2.05, 4.69) is 10.5 Å². The van der Waals surface area contributed by atoms with E-state index in [0.717, 1.165) is 6.07 Å². The van der Waals surface area contributed by atoms with Gasteiger partial charge >= 0.3 is 6.18 Å². The number of nitrogens with zero attached hydrogens (tertiary/aromatic N) is 2. The van der Waals surface area contributed by atoms with Crippen LogP contribution in [0.2, 0.25) is 0 Å². The SMILES string of the molecule is Cc1cc(NC(=O)C(C)N(C)Cc2ccccc2C(F)(F)F)no1. The lowest BCUT2D eigenvalue weighted by Crippen LogP contribution is -2.39. The Morgan fingerprint density at radius 3 is 2.62 bits per heavy atom. The van der Waals surface area contributed by atoms with Gasteiger partial charge in [-0.25, -0.2) is 0 Å². The van der Waals surface area contributed by atoms with Gasteiger partial charge in [-0.2, -0.15) is 13.2 Å². The van der Waals surface area contributed by atoms with Crippen LogP contribution in [-0.4, -0.2) is 29.1 Å². The predicted molar refractivity (Wildman–Crippen MR) is 82.2 cm³/mol. The molecule has 0 aliphatic carbocycles. The van der Waals surface area contributed by atoms with Gasteiger partial charge in [-0.05, 0) is 32.5 Å². The van der Waals surface area contributed by atoms with Crippen LogP contribution in [0.15, 0.2) is 34.9 Å². The summed E-state index contributed by atoms with van der Waals surface area (Å²) in [6, 6.07) is 6.24. The molecule has 2 rings (SSSR count). The number of alkyl halides is 3. The number of aryl methyl sites for hydroxylation is 1. The zero-order chi connectivity index (χ0) is 17.9. The van der Waals surface area contributed by atoms with Gasteiger partial charge in [0.25, 0.3) is 0 Å². The summed E-state index contributed by atoms with van der Waals surface area (Å²) in [6.45, 7) is 3.28.